The molecule has 0 unspecified atom stereocenters. The van der Waals surface area contributed by atoms with Gasteiger partial charge in [-0.1, -0.05) is 6.07 Å². The van der Waals surface area contributed by atoms with E-state index in [9.17, 15) is 18.8 Å². The molecule has 47 heavy (non-hydrogen) atoms. The van der Waals surface area contributed by atoms with Gasteiger partial charge in [-0.2, -0.15) is 0 Å². The lowest BCUT2D eigenvalue weighted by Crippen LogP contribution is -2.50. The average Bonchev–Trinajstić information content (AvgIpc) is 3.72. The van der Waals surface area contributed by atoms with Crippen molar-refractivity contribution in [1.82, 2.24) is 34.0 Å². The monoisotopic (exact) mass is 636 g/mol. The quantitative estimate of drug-likeness (QED) is 0.252. The number of fused-ring (bicyclic) bond motifs is 3. The van der Waals surface area contributed by atoms with Gasteiger partial charge in [0.05, 0.1) is 41.5 Å². The lowest BCUT2D eigenvalue weighted by atomic mass is 10.0. The van der Waals surface area contributed by atoms with Gasteiger partial charge in [-0.05, 0) is 67.6 Å². The Kier molecular flexibility index (Phi) is 6.76. The zero-order valence-corrected chi connectivity index (χ0v) is 25.9. The number of nitrogens with one attached hydrogen (secondary N) is 2. The molecule has 0 radical (unpaired) electrons. The minimum atomic E-state index is -1.16. The van der Waals surface area contributed by atoms with E-state index in [-0.39, 0.29) is 18.9 Å². The van der Waals surface area contributed by atoms with Gasteiger partial charge in [0.15, 0.2) is 5.82 Å². The summed E-state index contributed by atoms with van der Waals surface area (Å²) in [5, 5.41) is 1.31. The van der Waals surface area contributed by atoms with Crippen LogP contribution in [0.3, 0.4) is 0 Å². The number of hydrogen-bond acceptors (Lipinski definition) is 7. The number of halogens is 1. The van der Waals surface area contributed by atoms with Crippen molar-refractivity contribution in [3.05, 3.63) is 74.9 Å². The van der Waals surface area contributed by atoms with E-state index in [0.717, 1.165) is 47.2 Å². The van der Waals surface area contributed by atoms with E-state index in [1.807, 2.05) is 29.8 Å². The van der Waals surface area contributed by atoms with Crippen LogP contribution in [0.4, 0.5) is 4.39 Å². The van der Waals surface area contributed by atoms with Crippen molar-refractivity contribution in [3.63, 3.8) is 0 Å². The van der Waals surface area contributed by atoms with Crippen molar-refractivity contribution >= 4 is 38.9 Å². The molecule has 4 N–H and O–H groups in total. The molecule has 1 aliphatic carbocycles. The summed E-state index contributed by atoms with van der Waals surface area (Å²) in [6.45, 7) is 1.06. The predicted octanol–water partition coefficient (Wildman–Crippen LogP) is 3.72. The van der Waals surface area contributed by atoms with Crippen LogP contribution < -0.4 is 21.7 Å². The third kappa shape index (κ3) is 5.07. The molecule has 4 aromatic heterocycles. The number of aromatic nitrogens is 6. The van der Waals surface area contributed by atoms with Crippen LogP contribution in [0, 0.1) is 5.92 Å². The van der Waals surface area contributed by atoms with Gasteiger partial charge < -0.3 is 29.5 Å². The Morgan fingerprint density at radius 3 is 2.66 bits per heavy atom. The number of imidazole rings is 1. The topological polar surface area (TPSA) is 157 Å². The highest BCUT2D eigenvalue weighted by molar-refractivity contribution is 6.00. The molecule has 0 bridgehead atoms. The number of H-pyrrole nitrogens is 2. The molecule has 1 saturated carbocycles. The van der Waals surface area contributed by atoms with Crippen LogP contribution in [0.25, 0.3) is 55.7 Å². The summed E-state index contributed by atoms with van der Waals surface area (Å²) in [6, 6.07) is 14.3. The zero-order chi connectivity index (χ0) is 32.6. The highest BCUT2D eigenvalue weighted by atomic mass is 19.1. The maximum Gasteiger partial charge on any atom is 0.326 e. The fourth-order valence-corrected chi connectivity index (χ4v) is 6.78. The zero-order valence-electron chi connectivity index (χ0n) is 25.9. The number of aryl methyl sites for hydroxylation is 1. The lowest BCUT2D eigenvalue weighted by molar-refractivity contribution is 0.0606. The summed E-state index contributed by atoms with van der Waals surface area (Å²) in [7, 11) is 3.47. The Hall–Kier alpha value is -5.30. The number of benzene rings is 2. The maximum absolute atomic E-state index is 14.3. The van der Waals surface area contributed by atoms with Gasteiger partial charge in [0.2, 0.25) is 0 Å². The number of aromatic amines is 2. The van der Waals surface area contributed by atoms with Crippen LogP contribution in [-0.4, -0.2) is 72.3 Å². The van der Waals surface area contributed by atoms with E-state index < -0.39 is 23.5 Å². The molecule has 2 aromatic carbocycles. The largest absolute Gasteiger partial charge is 0.494 e. The Labute approximate surface area is 267 Å². The second kappa shape index (κ2) is 10.9. The van der Waals surface area contributed by atoms with E-state index >= 15 is 0 Å². The molecule has 6 aromatic rings. The van der Waals surface area contributed by atoms with Crippen molar-refractivity contribution in [1.29, 1.82) is 0 Å². The summed E-state index contributed by atoms with van der Waals surface area (Å²) >= 11 is 0. The molecule has 8 rings (SSSR count). The van der Waals surface area contributed by atoms with Gasteiger partial charge in [0.25, 0.3) is 11.5 Å². The predicted molar refractivity (Wildman–Crippen MR) is 176 cm³/mol. The molecule has 1 amide bonds. The second-order valence-electron chi connectivity index (χ2n) is 12.7. The normalized spacial score (nSPS) is 18.4. The van der Waals surface area contributed by atoms with Gasteiger partial charge in [-0.3, -0.25) is 14.6 Å². The molecule has 1 saturated heterocycles. The van der Waals surface area contributed by atoms with E-state index in [4.69, 9.17) is 20.4 Å². The molecule has 1 aliphatic heterocycles. The smallest absolute Gasteiger partial charge is 0.326 e. The first-order chi connectivity index (χ1) is 22.7. The molecule has 13 heteroatoms. The number of piperidine rings is 1. The molecule has 5 heterocycles. The number of hydrogen-bond donors (Lipinski definition) is 3. The first-order valence-corrected chi connectivity index (χ1v) is 15.7. The SMILES string of the molecule is COc1cc(C(=O)N2C[C@H](N)C[C@@H](F)C2)cc2nc(-c3cc4ccc(-c5ccc6[nH]c(=O)[nH]c(=O)c6c5)nc4n3CC3CC3)n(C)c12. The fourth-order valence-electron chi connectivity index (χ4n) is 6.78. The number of nitrogens with zero attached hydrogens (tertiary/aromatic N) is 5. The van der Waals surface area contributed by atoms with Crippen molar-refractivity contribution < 1.29 is 13.9 Å². The molecular weight excluding hydrogens is 603 g/mol. The van der Waals surface area contributed by atoms with Gasteiger partial charge in [-0.15, -0.1) is 0 Å². The Bertz CT molecular complexity index is 2340. The maximum atomic E-state index is 14.3. The number of ether oxygens (including phenoxy) is 1. The van der Waals surface area contributed by atoms with Gasteiger partial charge in [-0.25, -0.2) is 19.2 Å². The number of carbonyl (C=O) groups is 1. The second-order valence-corrected chi connectivity index (χ2v) is 12.7. The minimum absolute atomic E-state index is 0.00578. The fraction of sp³-hybridized carbons (Fsp3) is 0.324. The van der Waals surface area contributed by atoms with Crippen LogP contribution in [0.2, 0.25) is 0 Å². The third-order valence-electron chi connectivity index (χ3n) is 9.27. The molecule has 0 spiro atoms. The third-order valence-corrected chi connectivity index (χ3v) is 9.27. The van der Waals surface area contributed by atoms with E-state index in [0.29, 0.717) is 51.7 Å². The van der Waals surface area contributed by atoms with Crippen LogP contribution in [0.1, 0.15) is 29.6 Å². The van der Waals surface area contributed by atoms with Crippen molar-refractivity contribution in [2.75, 3.05) is 20.2 Å². The Morgan fingerprint density at radius 1 is 1.06 bits per heavy atom. The Morgan fingerprint density at radius 2 is 1.89 bits per heavy atom. The number of rotatable bonds is 6. The number of alkyl halides is 1. The minimum Gasteiger partial charge on any atom is -0.494 e. The number of nitrogens with two attached hydrogens (primary N) is 1. The van der Waals surface area contributed by atoms with Crippen LogP contribution in [0.5, 0.6) is 5.75 Å². The van der Waals surface area contributed by atoms with Crippen LogP contribution in [0.15, 0.2) is 58.1 Å². The first kappa shape index (κ1) is 29.1. The van der Waals surface area contributed by atoms with Crippen molar-refractivity contribution in [3.8, 4) is 28.5 Å². The number of pyridine rings is 1. The molecule has 2 atom stereocenters. The molecule has 2 aliphatic rings. The lowest BCUT2D eigenvalue weighted by Gasteiger charge is -2.33. The summed E-state index contributed by atoms with van der Waals surface area (Å²) in [4.78, 5) is 54.2. The Balaban J connectivity index is 1.24. The number of amides is 1. The van der Waals surface area contributed by atoms with E-state index in [1.165, 1.54) is 4.90 Å². The first-order valence-electron chi connectivity index (χ1n) is 15.7. The van der Waals surface area contributed by atoms with E-state index in [2.05, 4.69) is 20.6 Å². The number of likely N-dealkylation sites (tertiary alicyclic amines) is 1. The number of carbonyl (C=O) groups excluding carboxylic acids is 1. The van der Waals surface area contributed by atoms with Gasteiger partial charge in [0.1, 0.15) is 23.1 Å². The summed E-state index contributed by atoms with van der Waals surface area (Å²) in [6.07, 6.45) is 1.34. The summed E-state index contributed by atoms with van der Waals surface area (Å²) in [5.74, 6) is 1.39. The van der Waals surface area contributed by atoms with Gasteiger partial charge in [0, 0.05) is 42.7 Å². The number of methoxy groups -OCH3 is 1. The van der Waals surface area contributed by atoms with Crippen LogP contribution in [-0.2, 0) is 13.6 Å². The van der Waals surface area contributed by atoms with Crippen LogP contribution >= 0.6 is 0 Å². The summed E-state index contributed by atoms with van der Waals surface area (Å²) < 4.78 is 24.2. The van der Waals surface area contributed by atoms with Gasteiger partial charge >= 0.3 is 5.69 Å². The van der Waals surface area contributed by atoms with Crippen molar-refractivity contribution in [2.45, 2.75) is 38.0 Å². The molecule has 240 valence electrons. The molecule has 12 nitrogen and oxygen atoms in total. The molecule has 2 fully saturated rings. The van der Waals surface area contributed by atoms with E-state index in [1.54, 1.807) is 31.4 Å². The highest BCUT2D eigenvalue weighted by Gasteiger charge is 2.30. The highest BCUT2D eigenvalue weighted by Crippen LogP contribution is 2.38. The summed E-state index contributed by atoms with van der Waals surface area (Å²) in [5.41, 5.74) is 10.2. The molecular formula is C34H33FN8O4. The van der Waals surface area contributed by atoms with Crippen molar-refractivity contribution in [2.24, 2.45) is 18.7 Å². The standard InChI is InChI=1S/C34H33FN8O4/c1-41-29-26(10-20(12-28(29)47-2)33(45)42-15-21(35)13-22(36)16-42)38-31(41)27-11-19-6-7-24(37-30(19)43(27)14-17-3-4-17)18-5-8-25-23(9-18)32(44)40-34(46)39-25/h5-12,17,21-22H,3-4,13-16,36H2,1-2H3,(H2,39,40,44,46)/t21-,22-/m1/s1. The average molecular weight is 637 g/mol.